The number of nitrogen functional groups attached to an aromatic ring is 2. The normalized spacial score (nSPS) is 10.9. The van der Waals surface area contributed by atoms with Gasteiger partial charge in [0.15, 0.2) is 0 Å². The van der Waals surface area contributed by atoms with Crippen molar-refractivity contribution in [3.8, 4) is 12.3 Å². The summed E-state index contributed by atoms with van der Waals surface area (Å²) >= 11 is 3.40. The molecule has 0 radical (unpaired) electrons. The van der Waals surface area contributed by atoms with E-state index in [1.807, 2.05) is 48.5 Å². The number of nitrogens with two attached hydrogens (primary N) is 2. The third-order valence-corrected chi connectivity index (χ3v) is 6.04. The summed E-state index contributed by atoms with van der Waals surface area (Å²) in [5.41, 5.74) is 12.5. The van der Waals surface area contributed by atoms with Gasteiger partial charge in [-0.15, -0.1) is 6.42 Å². The summed E-state index contributed by atoms with van der Waals surface area (Å²) in [5.74, 6) is 2.80. The Kier molecular flexibility index (Phi) is 5.43. The molecule has 9 heteroatoms. The molecule has 0 aliphatic rings. The van der Waals surface area contributed by atoms with Crippen LogP contribution in [0.25, 0.3) is 43.4 Å². The molecule has 35 heavy (non-hydrogen) atoms. The molecule has 6 N–H and O–H groups in total. The summed E-state index contributed by atoms with van der Waals surface area (Å²) in [5, 5.41) is 4.68. The number of hydrogen-bond donors (Lipinski definition) is 4. The molecule has 0 spiro atoms. The number of benzene rings is 4. The second-order valence-electron chi connectivity index (χ2n) is 7.77. The molecule has 170 valence electrons. The number of aromatic amines is 2. The molecule has 0 saturated carbocycles. The Morgan fingerprint density at radius 3 is 1.77 bits per heavy atom. The van der Waals surface area contributed by atoms with E-state index < -0.39 is 0 Å². The molecule has 0 atom stereocenters. The minimum atomic E-state index is -0.253. The second-order valence-corrected chi connectivity index (χ2v) is 8.68. The summed E-state index contributed by atoms with van der Waals surface area (Å²) in [4.78, 5) is 37.2. The van der Waals surface area contributed by atoms with E-state index in [0.29, 0.717) is 21.8 Å². The molecule has 4 aromatic carbocycles. The van der Waals surface area contributed by atoms with E-state index in [0.717, 1.165) is 31.6 Å². The van der Waals surface area contributed by atoms with Crippen LogP contribution < -0.4 is 22.6 Å². The van der Waals surface area contributed by atoms with Gasteiger partial charge in [-0.25, -0.2) is 9.97 Å². The van der Waals surface area contributed by atoms with Crippen LogP contribution in [0.2, 0.25) is 0 Å². The van der Waals surface area contributed by atoms with Gasteiger partial charge in [-0.1, -0.05) is 46.1 Å². The van der Waals surface area contributed by atoms with Crippen molar-refractivity contribution in [2.24, 2.45) is 0 Å². The third kappa shape index (κ3) is 4.07. The van der Waals surface area contributed by atoms with Crippen molar-refractivity contribution in [1.82, 2.24) is 19.9 Å². The van der Waals surface area contributed by atoms with Crippen molar-refractivity contribution in [3.63, 3.8) is 0 Å². The van der Waals surface area contributed by atoms with Crippen molar-refractivity contribution in [2.45, 2.75) is 0 Å². The first kappa shape index (κ1) is 22.1. The highest BCUT2D eigenvalue weighted by molar-refractivity contribution is 9.10. The average molecular weight is 525 g/mol. The zero-order valence-corrected chi connectivity index (χ0v) is 19.7. The van der Waals surface area contributed by atoms with Gasteiger partial charge in [0.25, 0.3) is 11.1 Å². The maximum Gasteiger partial charge on any atom is 0.260 e. The number of fused-ring (bicyclic) bond motifs is 6. The number of terminal acetylenes is 1. The number of aromatic nitrogens is 4. The first-order valence-corrected chi connectivity index (χ1v) is 11.2. The highest BCUT2D eigenvalue weighted by Gasteiger charge is 2.08. The molecule has 6 aromatic rings. The first-order chi connectivity index (χ1) is 16.8. The Labute approximate surface area is 206 Å². The van der Waals surface area contributed by atoms with Crippen molar-refractivity contribution in [2.75, 3.05) is 11.5 Å². The summed E-state index contributed by atoms with van der Waals surface area (Å²) in [6.07, 6.45) is 5.38. The lowest BCUT2D eigenvalue weighted by atomic mass is 10.0. The molecule has 6 rings (SSSR count). The van der Waals surface area contributed by atoms with Crippen molar-refractivity contribution < 1.29 is 0 Å². The quantitative estimate of drug-likeness (QED) is 0.174. The number of rotatable bonds is 0. The average Bonchev–Trinajstić information content (AvgIpc) is 2.82. The molecule has 0 bridgehead atoms. The predicted molar refractivity (Wildman–Crippen MR) is 144 cm³/mol. The zero-order valence-electron chi connectivity index (χ0n) is 18.1. The maximum absolute atomic E-state index is 12.0. The Bertz CT molecular complexity index is 1950. The second kappa shape index (κ2) is 8.59. The SMILES string of the molecule is C#Cc1ccc2ccc3nc(N)[nH]c(=O)c3c2c1.Nc1nc2ccc3ccc(Br)cc3c2c(=O)[nH]1. The highest BCUT2D eigenvalue weighted by Crippen LogP contribution is 2.25. The summed E-state index contributed by atoms with van der Waals surface area (Å²) in [6.45, 7) is 0. The topological polar surface area (TPSA) is 144 Å². The van der Waals surface area contributed by atoms with E-state index in [1.54, 1.807) is 12.1 Å². The van der Waals surface area contributed by atoms with Crippen LogP contribution in [0, 0.1) is 12.3 Å². The standard InChI is InChI=1S/C14H9N3O.C12H8BrN3O/c1-2-8-3-4-9-5-6-11-12(10(9)7-8)13(18)17-14(15)16-11;13-7-3-1-6-2-4-9-10(8(6)5-7)11(17)16-12(14)15-9/h1,3-7H,(H3,15,16,17,18);1-5H,(H3,14,15,16,17). The minimum absolute atomic E-state index is 0.111. The Balaban J connectivity index is 0.000000145. The molecular weight excluding hydrogens is 508 g/mol. The monoisotopic (exact) mass is 524 g/mol. The van der Waals surface area contributed by atoms with Crippen molar-refractivity contribution >= 4 is 71.2 Å². The van der Waals surface area contributed by atoms with Crippen LogP contribution in [-0.2, 0) is 0 Å². The molecule has 2 aromatic heterocycles. The van der Waals surface area contributed by atoms with Gasteiger partial charge in [0.2, 0.25) is 11.9 Å². The van der Waals surface area contributed by atoms with Gasteiger partial charge in [0.05, 0.1) is 21.8 Å². The molecule has 0 unspecified atom stereocenters. The van der Waals surface area contributed by atoms with Gasteiger partial charge in [-0.3, -0.25) is 19.6 Å². The van der Waals surface area contributed by atoms with E-state index in [4.69, 9.17) is 17.9 Å². The Hall–Kier alpha value is -4.68. The Morgan fingerprint density at radius 1 is 0.743 bits per heavy atom. The molecule has 0 saturated heterocycles. The van der Waals surface area contributed by atoms with E-state index in [1.165, 1.54) is 0 Å². The van der Waals surface area contributed by atoms with Crippen LogP contribution in [0.15, 0.2) is 74.7 Å². The highest BCUT2D eigenvalue weighted by atomic mass is 79.9. The number of nitrogens with one attached hydrogen (secondary N) is 2. The smallest absolute Gasteiger partial charge is 0.260 e. The number of nitrogens with zero attached hydrogens (tertiary/aromatic N) is 2. The zero-order chi connectivity index (χ0) is 24.7. The lowest BCUT2D eigenvalue weighted by Crippen LogP contribution is -2.11. The van der Waals surface area contributed by atoms with Crippen LogP contribution in [0.5, 0.6) is 0 Å². The van der Waals surface area contributed by atoms with E-state index in [2.05, 4.69) is 41.8 Å². The first-order valence-electron chi connectivity index (χ1n) is 10.4. The molecule has 2 heterocycles. The van der Waals surface area contributed by atoms with Crippen LogP contribution in [0.4, 0.5) is 11.9 Å². The minimum Gasteiger partial charge on any atom is -0.369 e. The fourth-order valence-electron chi connectivity index (χ4n) is 4.01. The van der Waals surface area contributed by atoms with E-state index in [-0.39, 0.29) is 23.0 Å². The lowest BCUT2D eigenvalue weighted by Gasteiger charge is -2.04. The number of halogens is 1. The number of anilines is 2. The predicted octanol–water partition coefficient (Wildman–Crippen LogP) is 4.06. The Morgan fingerprint density at radius 2 is 1.23 bits per heavy atom. The van der Waals surface area contributed by atoms with Gasteiger partial charge < -0.3 is 11.5 Å². The van der Waals surface area contributed by atoms with Gasteiger partial charge in [-0.05, 0) is 57.9 Å². The van der Waals surface area contributed by atoms with Crippen molar-refractivity contribution in [3.05, 3.63) is 91.4 Å². The van der Waals surface area contributed by atoms with Gasteiger partial charge >= 0.3 is 0 Å². The molecule has 0 aliphatic carbocycles. The maximum atomic E-state index is 12.0. The molecular formula is C26H17BrN6O2. The fourth-order valence-corrected chi connectivity index (χ4v) is 4.38. The van der Waals surface area contributed by atoms with Crippen molar-refractivity contribution in [1.29, 1.82) is 0 Å². The van der Waals surface area contributed by atoms with Gasteiger partial charge in [-0.2, -0.15) is 0 Å². The van der Waals surface area contributed by atoms with Gasteiger partial charge in [0.1, 0.15) is 0 Å². The summed E-state index contributed by atoms with van der Waals surface area (Å²) in [7, 11) is 0. The van der Waals surface area contributed by atoms with Crippen LogP contribution >= 0.6 is 15.9 Å². The molecule has 0 aliphatic heterocycles. The van der Waals surface area contributed by atoms with E-state index in [9.17, 15) is 9.59 Å². The van der Waals surface area contributed by atoms with Crippen LogP contribution in [0.1, 0.15) is 5.56 Å². The summed E-state index contributed by atoms with van der Waals surface area (Å²) in [6, 6.07) is 18.7. The molecule has 0 fully saturated rings. The number of hydrogen-bond acceptors (Lipinski definition) is 6. The fraction of sp³-hybridized carbons (Fsp3) is 0. The summed E-state index contributed by atoms with van der Waals surface area (Å²) < 4.78 is 0.925. The molecule has 0 amide bonds. The largest absolute Gasteiger partial charge is 0.369 e. The lowest BCUT2D eigenvalue weighted by molar-refractivity contribution is 1.19. The van der Waals surface area contributed by atoms with Crippen LogP contribution in [-0.4, -0.2) is 19.9 Å². The van der Waals surface area contributed by atoms with Gasteiger partial charge in [0, 0.05) is 10.0 Å². The van der Waals surface area contributed by atoms with E-state index >= 15 is 0 Å². The number of H-pyrrole nitrogens is 2. The van der Waals surface area contributed by atoms with Crippen LogP contribution in [0.3, 0.4) is 0 Å². The molecule has 8 nitrogen and oxygen atoms in total. The third-order valence-electron chi connectivity index (χ3n) is 5.55.